The van der Waals surface area contributed by atoms with Gasteiger partial charge in [-0.2, -0.15) is 0 Å². The molecule has 2 unspecified atom stereocenters. The molecule has 0 spiro atoms. The van der Waals surface area contributed by atoms with Crippen molar-refractivity contribution >= 4 is 6.09 Å². The largest absolute Gasteiger partial charge is 0.444 e. The van der Waals surface area contributed by atoms with Gasteiger partial charge in [0.15, 0.2) is 0 Å². The highest BCUT2D eigenvalue weighted by molar-refractivity contribution is 5.68. The molecule has 0 bridgehead atoms. The number of likely N-dealkylation sites (tertiary alicyclic amines) is 1. The fraction of sp³-hybridized carbons (Fsp3) is 0.938. The average molecular weight is 282 g/mol. The number of amides is 1. The van der Waals surface area contributed by atoms with Gasteiger partial charge in [-0.1, -0.05) is 6.92 Å². The fourth-order valence-electron chi connectivity index (χ4n) is 3.20. The monoisotopic (exact) mass is 282 g/mol. The van der Waals surface area contributed by atoms with Gasteiger partial charge in [0.05, 0.1) is 0 Å². The topological polar surface area (TPSA) is 41.6 Å². The van der Waals surface area contributed by atoms with Crippen molar-refractivity contribution in [3.63, 3.8) is 0 Å². The molecule has 0 radical (unpaired) electrons. The van der Waals surface area contributed by atoms with E-state index in [2.05, 4.69) is 19.3 Å². The molecule has 2 rings (SSSR count). The lowest BCUT2D eigenvalue weighted by atomic mass is 9.81. The first kappa shape index (κ1) is 15.6. The van der Waals surface area contributed by atoms with Crippen LogP contribution in [0.1, 0.15) is 53.4 Å². The molecule has 116 valence electrons. The molecule has 1 aliphatic heterocycles. The van der Waals surface area contributed by atoms with Crippen LogP contribution in [0.4, 0.5) is 4.79 Å². The van der Waals surface area contributed by atoms with E-state index in [0.29, 0.717) is 11.5 Å². The van der Waals surface area contributed by atoms with Crippen molar-refractivity contribution in [2.45, 2.75) is 64.5 Å². The van der Waals surface area contributed by atoms with Gasteiger partial charge in [-0.3, -0.25) is 0 Å². The maximum Gasteiger partial charge on any atom is 0.410 e. The molecule has 1 N–H and O–H groups in total. The summed E-state index contributed by atoms with van der Waals surface area (Å²) in [7, 11) is 2.08. The van der Waals surface area contributed by atoms with E-state index < -0.39 is 5.60 Å². The maximum absolute atomic E-state index is 12.1. The quantitative estimate of drug-likeness (QED) is 0.865. The predicted molar refractivity (Wildman–Crippen MR) is 80.7 cm³/mol. The fourth-order valence-corrected chi connectivity index (χ4v) is 3.20. The molecule has 1 saturated heterocycles. The summed E-state index contributed by atoms with van der Waals surface area (Å²) in [5, 5.41) is 3.48. The first-order valence-electron chi connectivity index (χ1n) is 7.91. The van der Waals surface area contributed by atoms with Crippen molar-refractivity contribution in [3.05, 3.63) is 0 Å². The third-order valence-corrected chi connectivity index (χ3v) is 4.77. The van der Waals surface area contributed by atoms with E-state index in [1.165, 1.54) is 19.3 Å². The lowest BCUT2D eigenvalue weighted by Gasteiger charge is -2.39. The molecule has 1 saturated carbocycles. The van der Waals surface area contributed by atoms with Gasteiger partial charge < -0.3 is 15.0 Å². The first-order chi connectivity index (χ1) is 9.25. The molecule has 2 fully saturated rings. The van der Waals surface area contributed by atoms with E-state index in [-0.39, 0.29) is 6.09 Å². The minimum absolute atomic E-state index is 0.155. The highest BCUT2D eigenvalue weighted by Crippen LogP contribution is 2.44. The van der Waals surface area contributed by atoms with Crippen LogP contribution in [0.5, 0.6) is 0 Å². The Hall–Kier alpha value is -0.770. The molecule has 4 heteroatoms. The van der Waals surface area contributed by atoms with Crippen LogP contribution in [-0.2, 0) is 4.74 Å². The van der Waals surface area contributed by atoms with Crippen LogP contribution in [0.3, 0.4) is 0 Å². The van der Waals surface area contributed by atoms with Gasteiger partial charge >= 0.3 is 6.09 Å². The Morgan fingerprint density at radius 1 is 1.40 bits per heavy atom. The summed E-state index contributed by atoms with van der Waals surface area (Å²) in [5.74, 6) is 1.28. The molecule has 0 aromatic heterocycles. The summed E-state index contributed by atoms with van der Waals surface area (Å²) >= 11 is 0. The highest BCUT2D eigenvalue weighted by atomic mass is 16.6. The van der Waals surface area contributed by atoms with Crippen molar-refractivity contribution in [1.82, 2.24) is 10.2 Å². The SMILES string of the molecule is CNC1(CC2CCN(C(=O)OC(C)(C)C)CC2C)CC1. The van der Waals surface area contributed by atoms with E-state index in [1.807, 2.05) is 25.7 Å². The molecule has 0 aromatic rings. The minimum atomic E-state index is -0.401. The smallest absolute Gasteiger partial charge is 0.410 e. The standard InChI is InChI=1S/C16H30N2O2/c1-12-11-18(14(19)20-15(2,3)4)9-6-13(12)10-16(17-5)7-8-16/h12-13,17H,6-11H2,1-5H3. The van der Waals surface area contributed by atoms with Gasteiger partial charge in [0.2, 0.25) is 0 Å². The number of rotatable bonds is 3. The number of hydrogen-bond acceptors (Lipinski definition) is 3. The molecular weight excluding hydrogens is 252 g/mol. The zero-order chi connectivity index (χ0) is 15.0. The lowest BCUT2D eigenvalue weighted by Crippen LogP contribution is -2.46. The second-order valence-electron chi connectivity index (χ2n) is 7.69. The normalized spacial score (nSPS) is 29.1. The van der Waals surface area contributed by atoms with E-state index in [4.69, 9.17) is 4.74 Å². The number of piperidine rings is 1. The minimum Gasteiger partial charge on any atom is -0.444 e. The third kappa shape index (κ3) is 3.87. The van der Waals surface area contributed by atoms with Gasteiger partial charge in [-0.05, 0) is 65.3 Å². The van der Waals surface area contributed by atoms with E-state index in [1.54, 1.807) is 0 Å². The summed E-state index contributed by atoms with van der Waals surface area (Å²) in [5.41, 5.74) is 0.00832. The summed E-state index contributed by atoms with van der Waals surface area (Å²) in [4.78, 5) is 14.0. The van der Waals surface area contributed by atoms with E-state index >= 15 is 0 Å². The second kappa shape index (κ2) is 5.55. The molecule has 1 aliphatic carbocycles. The Bertz CT molecular complexity index is 358. The van der Waals surface area contributed by atoms with Gasteiger partial charge in [0.25, 0.3) is 0 Å². The van der Waals surface area contributed by atoms with Gasteiger partial charge in [0.1, 0.15) is 5.60 Å². The number of hydrogen-bond donors (Lipinski definition) is 1. The average Bonchev–Trinajstić information content (AvgIpc) is 3.10. The van der Waals surface area contributed by atoms with Crippen molar-refractivity contribution < 1.29 is 9.53 Å². The summed E-state index contributed by atoms with van der Waals surface area (Å²) in [6, 6.07) is 0. The Morgan fingerprint density at radius 2 is 2.05 bits per heavy atom. The highest BCUT2D eigenvalue weighted by Gasteiger charge is 2.44. The molecule has 2 atom stereocenters. The molecule has 4 nitrogen and oxygen atoms in total. The maximum atomic E-state index is 12.1. The van der Waals surface area contributed by atoms with E-state index in [0.717, 1.165) is 25.4 Å². The molecule has 2 aliphatic rings. The Labute approximate surface area is 123 Å². The zero-order valence-corrected chi connectivity index (χ0v) is 13.7. The van der Waals surface area contributed by atoms with E-state index in [9.17, 15) is 4.79 Å². The molecule has 1 heterocycles. The Balaban J connectivity index is 1.84. The van der Waals surface area contributed by atoms with Gasteiger partial charge in [0, 0.05) is 18.6 Å². The zero-order valence-electron chi connectivity index (χ0n) is 13.7. The van der Waals surface area contributed by atoms with Crippen molar-refractivity contribution in [2.24, 2.45) is 11.8 Å². The molecular formula is C16H30N2O2. The molecule has 1 amide bonds. The number of nitrogens with one attached hydrogen (secondary N) is 1. The molecule has 20 heavy (non-hydrogen) atoms. The van der Waals surface area contributed by atoms with Crippen molar-refractivity contribution in [1.29, 1.82) is 0 Å². The van der Waals surface area contributed by atoms with Crippen LogP contribution in [0, 0.1) is 11.8 Å². The van der Waals surface area contributed by atoms with Crippen LogP contribution >= 0.6 is 0 Å². The number of nitrogens with zero attached hydrogens (tertiary/aromatic N) is 1. The predicted octanol–water partition coefficient (Wildman–Crippen LogP) is 3.02. The number of carbonyl (C=O) groups is 1. The Morgan fingerprint density at radius 3 is 2.50 bits per heavy atom. The van der Waals surface area contributed by atoms with Crippen LogP contribution in [0.2, 0.25) is 0 Å². The summed E-state index contributed by atoms with van der Waals surface area (Å²) < 4.78 is 5.47. The van der Waals surface area contributed by atoms with Crippen LogP contribution < -0.4 is 5.32 Å². The molecule has 0 aromatic carbocycles. The van der Waals surface area contributed by atoms with Gasteiger partial charge in [-0.15, -0.1) is 0 Å². The number of carbonyl (C=O) groups excluding carboxylic acids is 1. The van der Waals surface area contributed by atoms with Crippen LogP contribution in [0.15, 0.2) is 0 Å². The van der Waals surface area contributed by atoms with Crippen LogP contribution in [-0.4, -0.2) is 42.3 Å². The Kier molecular flexibility index (Phi) is 4.33. The summed E-state index contributed by atoms with van der Waals surface area (Å²) in [6.45, 7) is 9.70. The second-order valence-corrected chi connectivity index (χ2v) is 7.69. The van der Waals surface area contributed by atoms with Crippen molar-refractivity contribution in [3.8, 4) is 0 Å². The first-order valence-corrected chi connectivity index (χ1v) is 7.91. The van der Waals surface area contributed by atoms with Crippen LogP contribution in [0.25, 0.3) is 0 Å². The summed E-state index contributed by atoms with van der Waals surface area (Å²) in [6.07, 6.45) is 4.82. The lowest BCUT2D eigenvalue weighted by molar-refractivity contribution is 0.0103. The van der Waals surface area contributed by atoms with Gasteiger partial charge in [-0.25, -0.2) is 4.79 Å². The third-order valence-electron chi connectivity index (χ3n) is 4.77. The van der Waals surface area contributed by atoms with Crippen molar-refractivity contribution in [2.75, 3.05) is 20.1 Å². The number of ether oxygens (including phenoxy) is 1.